The van der Waals surface area contributed by atoms with Crippen molar-refractivity contribution in [1.29, 1.82) is 0 Å². The Bertz CT molecular complexity index is 646. The summed E-state index contributed by atoms with van der Waals surface area (Å²) < 4.78 is 10.8. The van der Waals surface area contributed by atoms with Crippen LogP contribution in [0.25, 0.3) is 0 Å². The number of pyridine rings is 1. The van der Waals surface area contributed by atoms with Crippen LogP contribution in [-0.2, 0) is 0 Å². The van der Waals surface area contributed by atoms with Gasteiger partial charge in [0, 0.05) is 6.07 Å². The highest BCUT2D eigenvalue weighted by Gasteiger charge is 2.12. The van der Waals surface area contributed by atoms with Gasteiger partial charge < -0.3 is 20.0 Å². The number of carbonyl (C=O) groups is 1. The molecule has 0 spiro atoms. The predicted octanol–water partition coefficient (Wildman–Crippen LogP) is 1.98. The minimum atomic E-state index is -0.510. The van der Waals surface area contributed by atoms with Crippen LogP contribution in [0.4, 0.5) is 16.2 Å². The Morgan fingerprint density at radius 2 is 1.67 bits per heavy atom. The molecule has 0 radical (unpaired) electrons. The third kappa shape index (κ3) is 3.53. The topological polar surface area (TPSA) is 86.5 Å². The van der Waals surface area contributed by atoms with Gasteiger partial charge in [-0.3, -0.25) is 5.32 Å². The van der Waals surface area contributed by atoms with E-state index < -0.39 is 6.03 Å². The Morgan fingerprint density at radius 1 is 1.05 bits per heavy atom. The van der Waals surface area contributed by atoms with Gasteiger partial charge in [0.1, 0.15) is 5.75 Å². The number of hydrogen-bond acceptors (Lipinski definition) is 4. The van der Waals surface area contributed by atoms with Gasteiger partial charge in [0.05, 0.1) is 19.9 Å². The Morgan fingerprint density at radius 3 is 2.38 bits per heavy atom. The fourth-order valence-corrected chi connectivity index (χ4v) is 1.76. The van der Waals surface area contributed by atoms with Crippen LogP contribution >= 0.6 is 0 Å². The van der Waals surface area contributed by atoms with E-state index in [0.717, 1.165) is 0 Å². The van der Waals surface area contributed by atoms with Crippen molar-refractivity contribution in [3.8, 4) is 11.5 Å². The molecular formula is C14H15N3O4. The summed E-state index contributed by atoms with van der Waals surface area (Å²) in [6.45, 7) is 0. The summed E-state index contributed by atoms with van der Waals surface area (Å²) in [5.41, 5.74) is 0.782. The van der Waals surface area contributed by atoms with Crippen molar-refractivity contribution in [2.24, 2.45) is 0 Å². The molecular weight excluding hydrogens is 274 g/mol. The SMILES string of the molecule is COc1ccccc1NC(=O)Nc1c[n+]([O-])ccc1OC. The highest BCUT2D eigenvalue weighted by Crippen LogP contribution is 2.24. The zero-order valence-electron chi connectivity index (χ0n) is 11.6. The van der Waals surface area contributed by atoms with E-state index in [4.69, 9.17) is 9.47 Å². The standard InChI is InChI=1S/C14H15N3O4/c1-20-12-6-4-3-5-10(12)15-14(18)16-11-9-17(19)8-7-13(11)21-2/h3-9H,1-2H3,(H2,15,16,18). The Balaban J connectivity index is 2.13. The number of anilines is 2. The van der Waals surface area contributed by atoms with E-state index in [1.807, 2.05) is 0 Å². The lowest BCUT2D eigenvalue weighted by atomic mass is 10.3. The smallest absolute Gasteiger partial charge is 0.324 e. The number of rotatable bonds is 4. The monoisotopic (exact) mass is 289 g/mol. The molecule has 0 fully saturated rings. The minimum absolute atomic E-state index is 0.266. The van der Waals surface area contributed by atoms with Crippen molar-refractivity contribution in [1.82, 2.24) is 0 Å². The summed E-state index contributed by atoms with van der Waals surface area (Å²) in [5, 5.41) is 16.5. The second kappa shape index (κ2) is 6.47. The van der Waals surface area contributed by atoms with Crippen molar-refractivity contribution in [3.63, 3.8) is 0 Å². The van der Waals surface area contributed by atoms with Crippen molar-refractivity contribution in [3.05, 3.63) is 47.9 Å². The Hall–Kier alpha value is -2.96. The van der Waals surface area contributed by atoms with Crippen LogP contribution < -0.4 is 24.8 Å². The first-order chi connectivity index (χ1) is 10.1. The van der Waals surface area contributed by atoms with Crippen LogP contribution in [0.1, 0.15) is 0 Å². The van der Waals surface area contributed by atoms with Crippen molar-refractivity contribution < 1.29 is 19.0 Å². The molecule has 1 aromatic heterocycles. The van der Waals surface area contributed by atoms with Crippen LogP contribution in [-0.4, -0.2) is 20.3 Å². The lowest BCUT2D eigenvalue weighted by Crippen LogP contribution is -2.27. The van der Waals surface area contributed by atoms with Crippen LogP contribution in [0.2, 0.25) is 0 Å². The van der Waals surface area contributed by atoms with Crippen molar-refractivity contribution >= 4 is 17.4 Å². The van der Waals surface area contributed by atoms with Crippen molar-refractivity contribution in [2.75, 3.05) is 24.9 Å². The van der Waals surface area contributed by atoms with Gasteiger partial charge in [0.15, 0.2) is 17.6 Å². The number of carbonyl (C=O) groups excluding carboxylic acids is 1. The van der Waals surface area contributed by atoms with Gasteiger partial charge in [-0.05, 0) is 12.1 Å². The summed E-state index contributed by atoms with van der Waals surface area (Å²) >= 11 is 0. The molecule has 7 heteroatoms. The number of ether oxygens (including phenoxy) is 2. The number of benzene rings is 1. The lowest BCUT2D eigenvalue weighted by molar-refractivity contribution is -0.604. The molecule has 0 atom stereocenters. The summed E-state index contributed by atoms with van der Waals surface area (Å²) in [6, 6.07) is 7.95. The minimum Gasteiger partial charge on any atom is -0.619 e. The maximum atomic E-state index is 12.0. The zero-order chi connectivity index (χ0) is 15.2. The number of para-hydroxylation sites is 2. The van der Waals surface area contributed by atoms with Crippen molar-refractivity contribution in [2.45, 2.75) is 0 Å². The van der Waals surface area contributed by atoms with Gasteiger partial charge in [-0.25, -0.2) is 4.79 Å². The maximum absolute atomic E-state index is 12.0. The maximum Gasteiger partial charge on any atom is 0.324 e. The largest absolute Gasteiger partial charge is 0.619 e. The molecule has 0 aliphatic carbocycles. The first kappa shape index (κ1) is 14.4. The van der Waals surface area contributed by atoms with E-state index >= 15 is 0 Å². The van der Waals surface area contributed by atoms with Gasteiger partial charge in [-0.1, -0.05) is 12.1 Å². The molecule has 0 saturated heterocycles. The van der Waals surface area contributed by atoms with E-state index in [1.165, 1.54) is 32.7 Å². The van der Waals surface area contributed by atoms with E-state index in [0.29, 0.717) is 21.9 Å². The third-order valence-electron chi connectivity index (χ3n) is 2.72. The van der Waals surface area contributed by atoms with Gasteiger partial charge >= 0.3 is 6.03 Å². The molecule has 0 unspecified atom stereocenters. The third-order valence-corrected chi connectivity index (χ3v) is 2.72. The number of hydrogen-bond donors (Lipinski definition) is 2. The van der Waals surface area contributed by atoms with E-state index in [1.54, 1.807) is 24.3 Å². The number of nitrogens with one attached hydrogen (secondary N) is 2. The molecule has 1 heterocycles. The summed E-state index contributed by atoms with van der Waals surface area (Å²) in [7, 11) is 2.97. The van der Waals surface area contributed by atoms with E-state index in [9.17, 15) is 10.0 Å². The quantitative estimate of drug-likeness (QED) is 0.665. The summed E-state index contributed by atoms with van der Waals surface area (Å²) in [5.74, 6) is 0.920. The average molecular weight is 289 g/mol. The normalized spacial score (nSPS) is 9.81. The number of urea groups is 1. The second-order valence-electron chi connectivity index (χ2n) is 4.07. The van der Waals surface area contributed by atoms with Crippen LogP contribution in [0.15, 0.2) is 42.7 Å². The Kier molecular flexibility index (Phi) is 4.45. The first-order valence-electron chi connectivity index (χ1n) is 6.12. The summed E-state index contributed by atoms with van der Waals surface area (Å²) in [6.07, 6.45) is 2.49. The summed E-state index contributed by atoms with van der Waals surface area (Å²) in [4.78, 5) is 12.0. The molecule has 2 aromatic rings. The molecule has 2 N–H and O–H groups in total. The molecule has 0 aliphatic rings. The number of aromatic nitrogens is 1. The zero-order valence-corrected chi connectivity index (χ0v) is 11.6. The molecule has 0 bridgehead atoms. The number of methoxy groups -OCH3 is 2. The Labute approximate surface area is 121 Å². The number of nitrogens with zero attached hydrogens (tertiary/aromatic N) is 1. The highest BCUT2D eigenvalue weighted by molar-refractivity contribution is 6.01. The van der Waals surface area contributed by atoms with Gasteiger partial charge in [-0.2, -0.15) is 4.73 Å². The van der Waals surface area contributed by atoms with Gasteiger partial charge in [-0.15, -0.1) is 0 Å². The van der Waals surface area contributed by atoms with Crippen LogP contribution in [0.5, 0.6) is 11.5 Å². The predicted molar refractivity (Wildman–Crippen MR) is 77.6 cm³/mol. The van der Waals surface area contributed by atoms with Crippen LogP contribution in [0, 0.1) is 5.21 Å². The van der Waals surface area contributed by atoms with E-state index in [-0.39, 0.29) is 5.69 Å². The molecule has 2 rings (SSSR count). The molecule has 2 amide bonds. The van der Waals surface area contributed by atoms with Crippen LogP contribution in [0.3, 0.4) is 0 Å². The number of amides is 2. The molecule has 110 valence electrons. The fraction of sp³-hybridized carbons (Fsp3) is 0.143. The molecule has 7 nitrogen and oxygen atoms in total. The molecule has 0 saturated carbocycles. The van der Waals surface area contributed by atoms with E-state index in [2.05, 4.69) is 10.6 Å². The molecule has 0 aliphatic heterocycles. The molecule has 21 heavy (non-hydrogen) atoms. The average Bonchev–Trinajstić information content (AvgIpc) is 2.48. The first-order valence-corrected chi connectivity index (χ1v) is 6.12. The van der Waals surface area contributed by atoms with Gasteiger partial charge in [0.25, 0.3) is 0 Å². The van der Waals surface area contributed by atoms with Gasteiger partial charge in [0.2, 0.25) is 6.20 Å². The lowest BCUT2D eigenvalue weighted by Gasteiger charge is -2.12. The second-order valence-corrected chi connectivity index (χ2v) is 4.07. The molecule has 1 aromatic carbocycles. The highest BCUT2D eigenvalue weighted by atomic mass is 16.5. The fourth-order valence-electron chi connectivity index (χ4n) is 1.76.